The van der Waals surface area contributed by atoms with Crippen LogP contribution >= 0.6 is 0 Å². The summed E-state index contributed by atoms with van der Waals surface area (Å²) in [6, 6.07) is 4.15. The molecule has 0 bridgehead atoms. The van der Waals surface area contributed by atoms with Crippen molar-refractivity contribution in [2.75, 3.05) is 24.5 Å². The third-order valence-corrected chi connectivity index (χ3v) is 3.84. The van der Waals surface area contributed by atoms with Crippen molar-refractivity contribution in [3.63, 3.8) is 0 Å². The van der Waals surface area contributed by atoms with Gasteiger partial charge >= 0.3 is 0 Å². The zero-order chi connectivity index (χ0) is 14.8. The second-order valence-electron chi connectivity index (χ2n) is 5.31. The summed E-state index contributed by atoms with van der Waals surface area (Å²) in [4.78, 5) is 6.35. The zero-order valence-corrected chi connectivity index (χ0v) is 11.6. The van der Waals surface area contributed by atoms with Crippen LogP contribution < -0.4 is 10.6 Å². The number of aromatic nitrogens is 3. The molecule has 2 aromatic rings. The highest BCUT2D eigenvalue weighted by Crippen LogP contribution is 2.30. The fraction of sp³-hybridized carbons (Fsp3) is 0.429. The number of hydrogen-bond donors (Lipinski definition) is 3. The molecular weight excluding hydrogens is 273 g/mol. The summed E-state index contributed by atoms with van der Waals surface area (Å²) in [5.41, 5.74) is 5.77. The molecule has 2 heterocycles. The van der Waals surface area contributed by atoms with Crippen molar-refractivity contribution in [2.45, 2.75) is 12.8 Å². The van der Waals surface area contributed by atoms with Gasteiger partial charge in [0, 0.05) is 13.1 Å². The monoisotopic (exact) mass is 291 g/mol. The largest absolute Gasteiger partial charge is 0.507 e. The van der Waals surface area contributed by atoms with E-state index in [4.69, 9.17) is 5.73 Å². The van der Waals surface area contributed by atoms with E-state index in [0.29, 0.717) is 18.4 Å². The van der Waals surface area contributed by atoms with Crippen molar-refractivity contribution >= 4 is 5.95 Å². The van der Waals surface area contributed by atoms with E-state index in [1.165, 1.54) is 18.2 Å². The highest BCUT2D eigenvalue weighted by atomic mass is 19.1. The number of hydrogen-bond acceptors (Lipinski definition) is 5. The summed E-state index contributed by atoms with van der Waals surface area (Å²) >= 11 is 0. The number of nitrogens with two attached hydrogens (primary N) is 1. The molecule has 4 N–H and O–H groups in total. The average molecular weight is 291 g/mol. The van der Waals surface area contributed by atoms with Crippen LogP contribution in [0.2, 0.25) is 0 Å². The number of rotatable bonds is 3. The van der Waals surface area contributed by atoms with E-state index in [9.17, 15) is 9.50 Å². The first kappa shape index (κ1) is 13.8. The number of halogens is 1. The van der Waals surface area contributed by atoms with Crippen LogP contribution in [0.3, 0.4) is 0 Å². The van der Waals surface area contributed by atoms with Crippen LogP contribution in [0.1, 0.15) is 12.8 Å². The molecule has 1 aliphatic rings. The van der Waals surface area contributed by atoms with Crippen molar-refractivity contribution in [3.8, 4) is 17.1 Å². The summed E-state index contributed by atoms with van der Waals surface area (Å²) in [5, 5.41) is 16.6. The lowest BCUT2D eigenvalue weighted by Gasteiger charge is -2.31. The number of aromatic amines is 1. The van der Waals surface area contributed by atoms with Gasteiger partial charge in [-0.3, -0.25) is 5.10 Å². The Balaban J connectivity index is 1.86. The van der Waals surface area contributed by atoms with Crippen LogP contribution in [0, 0.1) is 11.7 Å². The molecule has 1 atom stereocenters. The summed E-state index contributed by atoms with van der Waals surface area (Å²) in [6.45, 7) is 2.30. The summed E-state index contributed by atoms with van der Waals surface area (Å²) in [5.74, 6) is 0.496. The number of piperidine rings is 1. The lowest BCUT2D eigenvalue weighted by Crippen LogP contribution is -2.38. The fourth-order valence-electron chi connectivity index (χ4n) is 2.69. The van der Waals surface area contributed by atoms with Gasteiger partial charge in [-0.25, -0.2) is 4.39 Å². The average Bonchev–Trinajstić information content (AvgIpc) is 2.97. The van der Waals surface area contributed by atoms with Gasteiger partial charge in [0.2, 0.25) is 5.95 Å². The maximum Gasteiger partial charge on any atom is 0.245 e. The molecule has 3 rings (SSSR count). The minimum atomic E-state index is -0.531. The van der Waals surface area contributed by atoms with Crippen molar-refractivity contribution < 1.29 is 9.50 Å². The fourth-order valence-corrected chi connectivity index (χ4v) is 2.69. The van der Waals surface area contributed by atoms with Crippen molar-refractivity contribution in [1.82, 2.24) is 15.2 Å². The molecule has 1 fully saturated rings. The normalized spacial score (nSPS) is 19.0. The van der Waals surface area contributed by atoms with Gasteiger partial charge in [-0.05, 0) is 37.4 Å². The van der Waals surface area contributed by atoms with E-state index in [-0.39, 0.29) is 17.1 Å². The number of benzene rings is 1. The summed E-state index contributed by atoms with van der Waals surface area (Å²) in [7, 11) is 0. The Labute approximate surface area is 121 Å². The van der Waals surface area contributed by atoms with E-state index >= 15 is 0 Å². The molecule has 0 aliphatic carbocycles. The SMILES string of the molecule is NCC1CCCN(c2n[nH]c(-c3c(O)cccc3F)n2)C1. The molecule has 1 saturated heterocycles. The van der Waals surface area contributed by atoms with Gasteiger partial charge < -0.3 is 15.7 Å². The van der Waals surface area contributed by atoms with E-state index < -0.39 is 5.82 Å². The van der Waals surface area contributed by atoms with E-state index in [1.807, 2.05) is 4.90 Å². The standard InChI is InChI=1S/C14H18FN5O/c15-10-4-1-5-11(21)12(10)13-17-14(19-18-13)20-6-2-3-9(7-16)8-20/h1,4-5,9,21H,2-3,6-8,16H2,(H,17,18,19). The van der Waals surface area contributed by atoms with Gasteiger partial charge in [0.15, 0.2) is 5.82 Å². The lowest BCUT2D eigenvalue weighted by molar-refractivity contribution is 0.420. The predicted octanol–water partition coefficient (Wildman–Crippen LogP) is 1.49. The number of phenols is 1. The number of phenolic OH excluding ortho intramolecular Hbond substituents is 1. The molecular formula is C14H18FN5O. The highest BCUT2D eigenvalue weighted by molar-refractivity contribution is 5.65. The number of anilines is 1. The second-order valence-corrected chi connectivity index (χ2v) is 5.31. The molecule has 7 heteroatoms. The first-order chi connectivity index (χ1) is 10.2. The first-order valence-electron chi connectivity index (χ1n) is 7.04. The number of aromatic hydroxyl groups is 1. The minimum absolute atomic E-state index is 0.0450. The molecule has 6 nitrogen and oxygen atoms in total. The molecule has 0 saturated carbocycles. The maximum atomic E-state index is 13.8. The number of nitrogens with one attached hydrogen (secondary N) is 1. The Morgan fingerprint density at radius 3 is 3.10 bits per heavy atom. The van der Waals surface area contributed by atoms with Gasteiger partial charge in [-0.2, -0.15) is 4.98 Å². The van der Waals surface area contributed by atoms with Crippen LogP contribution in [-0.2, 0) is 0 Å². The molecule has 1 aromatic carbocycles. The summed E-state index contributed by atoms with van der Waals surface area (Å²) in [6.07, 6.45) is 2.15. The minimum Gasteiger partial charge on any atom is -0.507 e. The van der Waals surface area contributed by atoms with Crippen molar-refractivity contribution in [2.24, 2.45) is 11.7 Å². The lowest BCUT2D eigenvalue weighted by atomic mass is 9.99. The second kappa shape index (κ2) is 5.69. The Hall–Kier alpha value is -2.15. The maximum absolute atomic E-state index is 13.8. The van der Waals surface area contributed by atoms with Gasteiger partial charge in [-0.1, -0.05) is 6.07 Å². The highest BCUT2D eigenvalue weighted by Gasteiger charge is 2.23. The molecule has 1 aliphatic heterocycles. The molecule has 112 valence electrons. The topological polar surface area (TPSA) is 91.1 Å². The molecule has 0 radical (unpaired) electrons. The van der Waals surface area contributed by atoms with Gasteiger partial charge in [0.05, 0.1) is 5.56 Å². The zero-order valence-electron chi connectivity index (χ0n) is 11.6. The number of nitrogens with zero attached hydrogens (tertiary/aromatic N) is 3. The van der Waals surface area contributed by atoms with Crippen LogP contribution in [-0.4, -0.2) is 39.9 Å². The molecule has 0 spiro atoms. The van der Waals surface area contributed by atoms with Gasteiger partial charge in [0.1, 0.15) is 11.6 Å². The smallest absolute Gasteiger partial charge is 0.245 e. The van der Waals surface area contributed by atoms with E-state index in [0.717, 1.165) is 25.9 Å². The Morgan fingerprint density at radius 1 is 1.48 bits per heavy atom. The first-order valence-corrected chi connectivity index (χ1v) is 7.04. The van der Waals surface area contributed by atoms with E-state index in [2.05, 4.69) is 15.2 Å². The molecule has 1 aromatic heterocycles. The van der Waals surface area contributed by atoms with Crippen LogP contribution in [0.25, 0.3) is 11.4 Å². The van der Waals surface area contributed by atoms with Crippen LogP contribution in [0.15, 0.2) is 18.2 Å². The number of H-pyrrole nitrogens is 1. The van der Waals surface area contributed by atoms with Crippen LogP contribution in [0.4, 0.5) is 10.3 Å². The molecule has 1 unspecified atom stereocenters. The predicted molar refractivity (Wildman–Crippen MR) is 77.4 cm³/mol. The van der Waals surface area contributed by atoms with E-state index in [1.54, 1.807) is 0 Å². The van der Waals surface area contributed by atoms with Gasteiger partial charge in [0.25, 0.3) is 0 Å². The summed E-state index contributed by atoms with van der Waals surface area (Å²) < 4.78 is 13.8. The van der Waals surface area contributed by atoms with Crippen LogP contribution in [0.5, 0.6) is 5.75 Å². The van der Waals surface area contributed by atoms with Gasteiger partial charge in [-0.15, -0.1) is 5.10 Å². The Morgan fingerprint density at radius 2 is 2.33 bits per heavy atom. The van der Waals surface area contributed by atoms with Crippen molar-refractivity contribution in [1.29, 1.82) is 0 Å². The quantitative estimate of drug-likeness (QED) is 0.797. The van der Waals surface area contributed by atoms with Crippen molar-refractivity contribution in [3.05, 3.63) is 24.0 Å². The molecule has 21 heavy (non-hydrogen) atoms. The third-order valence-electron chi connectivity index (χ3n) is 3.84. The Kier molecular flexibility index (Phi) is 3.74. The molecule has 0 amide bonds. The third kappa shape index (κ3) is 2.69. The Bertz CT molecular complexity index is 609.